The smallest absolute Gasteiger partial charge is 0.122 e. The Morgan fingerprint density at radius 3 is 2.81 bits per heavy atom. The van der Waals surface area contributed by atoms with Crippen LogP contribution in [-0.2, 0) is 13.1 Å². The molecule has 0 fully saturated rings. The summed E-state index contributed by atoms with van der Waals surface area (Å²) < 4.78 is 7.50. The molecule has 3 aromatic rings. The van der Waals surface area contributed by atoms with Gasteiger partial charge in [0.2, 0.25) is 0 Å². The number of fused-ring (bicyclic) bond motifs is 1. The second-order valence-corrected chi connectivity index (χ2v) is 5.18. The van der Waals surface area contributed by atoms with E-state index < -0.39 is 0 Å². The maximum atomic E-state index is 5.69. The molecule has 4 heteroatoms. The van der Waals surface area contributed by atoms with Crippen molar-refractivity contribution < 1.29 is 4.74 Å². The fraction of sp³-hybridized carbons (Fsp3) is 0.235. The highest BCUT2D eigenvalue weighted by Gasteiger charge is 2.05. The van der Waals surface area contributed by atoms with Crippen molar-refractivity contribution in [3.05, 3.63) is 59.5 Å². The molecule has 3 rings (SSSR count). The van der Waals surface area contributed by atoms with Crippen LogP contribution in [0.1, 0.15) is 17.0 Å². The third-order valence-electron chi connectivity index (χ3n) is 3.62. The molecule has 0 atom stereocenters. The first-order valence-corrected chi connectivity index (χ1v) is 6.99. The lowest BCUT2D eigenvalue weighted by Crippen LogP contribution is -2.02. The topological polar surface area (TPSA) is 53.1 Å². The van der Waals surface area contributed by atoms with Gasteiger partial charge in [0, 0.05) is 36.1 Å². The van der Waals surface area contributed by atoms with E-state index in [0.29, 0.717) is 6.54 Å². The van der Waals surface area contributed by atoms with Crippen LogP contribution in [0.3, 0.4) is 0 Å². The van der Waals surface area contributed by atoms with Crippen molar-refractivity contribution in [2.24, 2.45) is 5.73 Å². The number of hydrogen-bond donors (Lipinski definition) is 1. The summed E-state index contributed by atoms with van der Waals surface area (Å²) in [6, 6.07) is 12.4. The Bertz CT molecular complexity index is 777. The maximum absolute atomic E-state index is 5.69. The van der Waals surface area contributed by atoms with Gasteiger partial charge in [-0.15, -0.1) is 0 Å². The van der Waals surface area contributed by atoms with E-state index in [1.807, 2.05) is 19.1 Å². The van der Waals surface area contributed by atoms with E-state index in [1.165, 1.54) is 10.9 Å². The number of rotatable bonds is 4. The SMILES string of the molecule is COc1cc(C)nc(Cn2ccc3cc(CN)ccc32)c1. The minimum absolute atomic E-state index is 0.567. The van der Waals surface area contributed by atoms with E-state index in [0.717, 1.165) is 29.2 Å². The van der Waals surface area contributed by atoms with Crippen molar-refractivity contribution in [2.75, 3.05) is 7.11 Å². The fourth-order valence-electron chi connectivity index (χ4n) is 2.59. The van der Waals surface area contributed by atoms with Crippen molar-refractivity contribution in [2.45, 2.75) is 20.0 Å². The number of aromatic nitrogens is 2. The Morgan fingerprint density at radius 2 is 2.05 bits per heavy atom. The molecule has 2 N–H and O–H groups in total. The molecule has 0 saturated carbocycles. The van der Waals surface area contributed by atoms with Gasteiger partial charge in [-0.2, -0.15) is 0 Å². The van der Waals surface area contributed by atoms with E-state index in [4.69, 9.17) is 10.5 Å². The van der Waals surface area contributed by atoms with Gasteiger partial charge in [0.25, 0.3) is 0 Å². The van der Waals surface area contributed by atoms with Gasteiger partial charge < -0.3 is 15.0 Å². The van der Waals surface area contributed by atoms with Gasteiger partial charge in [-0.05, 0) is 36.1 Å². The normalized spacial score (nSPS) is 11.0. The van der Waals surface area contributed by atoms with E-state index >= 15 is 0 Å². The molecule has 0 radical (unpaired) electrons. The largest absolute Gasteiger partial charge is 0.497 e. The summed E-state index contributed by atoms with van der Waals surface area (Å²) in [5.74, 6) is 0.847. The predicted octanol–water partition coefficient (Wildman–Crippen LogP) is 2.86. The van der Waals surface area contributed by atoms with Crippen LogP contribution >= 0.6 is 0 Å². The molecule has 1 aromatic carbocycles. The Morgan fingerprint density at radius 1 is 1.19 bits per heavy atom. The van der Waals surface area contributed by atoms with Gasteiger partial charge in [-0.1, -0.05) is 6.07 Å². The number of nitrogens with zero attached hydrogens (tertiary/aromatic N) is 2. The lowest BCUT2D eigenvalue weighted by Gasteiger charge is -2.08. The van der Waals surface area contributed by atoms with Crippen LogP contribution < -0.4 is 10.5 Å². The van der Waals surface area contributed by atoms with Crippen LogP contribution in [0.15, 0.2) is 42.6 Å². The average molecular weight is 281 g/mol. The number of nitrogens with two attached hydrogens (primary N) is 1. The van der Waals surface area contributed by atoms with E-state index in [2.05, 4.69) is 40.0 Å². The highest BCUT2D eigenvalue weighted by molar-refractivity contribution is 5.81. The summed E-state index contributed by atoms with van der Waals surface area (Å²) in [6.07, 6.45) is 2.08. The van der Waals surface area contributed by atoms with Crippen LogP contribution in [0.25, 0.3) is 10.9 Å². The molecule has 0 bridgehead atoms. The summed E-state index contributed by atoms with van der Waals surface area (Å²) >= 11 is 0. The lowest BCUT2D eigenvalue weighted by atomic mass is 10.1. The van der Waals surface area contributed by atoms with E-state index in [-0.39, 0.29) is 0 Å². The first-order valence-electron chi connectivity index (χ1n) is 6.99. The molecule has 21 heavy (non-hydrogen) atoms. The molecular formula is C17H19N3O. The standard InChI is InChI=1S/C17H19N3O/c1-12-7-16(21-2)9-15(19-12)11-20-6-5-14-8-13(10-18)3-4-17(14)20/h3-9H,10-11,18H2,1-2H3. The molecule has 0 spiro atoms. The summed E-state index contributed by atoms with van der Waals surface area (Å²) in [4.78, 5) is 4.58. The van der Waals surface area contributed by atoms with Crippen molar-refractivity contribution in [1.29, 1.82) is 0 Å². The number of pyridine rings is 1. The van der Waals surface area contributed by atoms with Gasteiger partial charge in [-0.25, -0.2) is 0 Å². The van der Waals surface area contributed by atoms with Crippen molar-refractivity contribution >= 4 is 10.9 Å². The zero-order valence-electron chi connectivity index (χ0n) is 12.3. The molecule has 2 aromatic heterocycles. The molecule has 108 valence electrons. The van der Waals surface area contributed by atoms with Gasteiger partial charge in [0.1, 0.15) is 5.75 Å². The highest BCUT2D eigenvalue weighted by atomic mass is 16.5. The van der Waals surface area contributed by atoms with Gasteiger partial charge in [0.05, 0.1) is 19.3 Å². The van der Waals surface area contributed by atoms with Crippen LogP contribution in [-0.4, -0.2) is 16.7 Å². The van der Waals surface area contributed by atoms with Crippen LogP contribution in [0, 0.1) is 6.92 Å². The number of aryl methyl sites for hydroxylation is 1. The Labute approximate surface area is 124 Å². The molecular weight excluding hydrogens is 262 g/mol. The average Bonchev–Trinajstić information content (AvgIpc) is 2.88. The Hall–Kier alpha value is -2.33. The number of hydrogen-bond acceptors (Lipinski definition) is 3. The second-order valence-electron chi connectivity index (χ2n) is 5.18. The fourth-order valence-corrected chi connectivity index (χ4v) is 2.59. The Kier molecular flexibility index (Phi) is 3.62. The number of methoxy groups -OCH3 is 1. The summed E-state index contributed by atoms with van der Waals surface area (Å²) in [7, 11) is 1.68. The Balaban J connectivity index is 1.96. The zero-order chi connectivity index (χ0) is 14.8. The molecule has 0 saturated heterocycles. The van der Waals surface area contributed by atoms with Crippen LogP contribution in [0.5, 0.6) is 5.75 Å². The molecule has 0 aliphatic carbocycles. The molecule has 0 unspecified atom stereocenters. The summed E-state index contributed by atoms with van der Waals surface area (Å²) in [5, 5.41) is 1.21. The van der Waals surface area contributed by atoms with Crippen molar-refractivity contribution in [1.82, 2.24) is 9.55 Å². The molecule has 4 nitrogen and oxygen atoms in total. The first kappa shape index (κ1) is 13.6. The van der Waals surface area contributed by atoms with Crippen molar-refractivity contribution in [3.8, 4) is 5.75 Å². The molecule has 0 aliphatic rings. The third kappa shape index (κ3) is 2.76. The predicted molar refractivity (Wildman–Crippen MR) is 84.5 cm³/mol. The summed E-state index contributed by atoms with van der Waals surface area (Å²) in [5.41, 5.74) is 9.98. The van der Waals surface area contributed by atoms with Gasteiger partial charge in [0.15, 0.2) is 0 Å². The highest BCUT2D eigenvalue weighted by Crippen LogP contribution is 2.20. The first-order chi connectivity index (χ1) is 10.2. The summed E-state index contributed by atoms with van der Waals surface area (Å²) in [6.45, 7) is 3.27. The zero-order valence-corrected chi connectivity index (χ0v) is 12.3. The quantitative estimate of drug-likeness (QED) is 0.800. The molecule has 2 heterocycles. The number of ether oxygens (including phenoxy) is 1. The molecule has 0 aliphatic heterocycles. The third-order valence-corrected chi connectivity index (χ3v) is 3.62. The molecule has 0 amide bonds. The minimum Gasteiger partial charge on any atom is -0.497 e. The monoisotopic (exact) mass is 281 g/mol. The lowest BCUT2D eigenvalue weighted by molar-refractivity contribution is 0.413. The number of benzene rings is 1. The van der Waals surface area contributed by atoms with E-state index in [9.17, 15) is 0 Å². The van der Waals surface area contributed by atoms with E-state index in [1.54, 1.807) is 7.11 Å². The van der Waals surface area contributed by atoms with Crippen molar-refractivity contribution in [3.63, 3.8) is 0 Å². The van der Waals surface area contributed by atoms with Crippen LogP contribution in [0.4, 0.5) is 0 Å². The maximum Gasteiger partial charge on any atom is 0.122 e. The second kappa shape index (κ2) is 5.58. The van der Waals surface area contributed by atoms with Crippen LogP contribution in [0.2, 0.25) is 0 Å². The van der Waals surface area contributed by atoms with Gasteiger partial charge in [-0.3, -0.25) is 4.98 Å². The minimum atomic E-state index is 0.567. The van der Waals surface area contributed by atoms with Gasteiger partial charge >= 0.3 is 0 Å².